The molecule has 3 aromatic rings. The number of carbonyl (C=O) groups is 1. The lowest BCUT2D eigenvalue weighted by molar-refractivity contribution is -0.123. The van der Waals surface area contributed by atoms with E-state index in [9.17, 15) is 26.7 Å². The lowest BCUT2D eigenvalue weighted by Gasteiger charge is -2.33. The molecule has 1 fully saturated rings. The van der Waals surface area contributed by atoms with Crippen LogP contribution >= 0.6 is 0 Å². The highest BCUT2D eigenvalue weighted by atomic mass is 19.4. The van der Waals surface area contributed by atoms with Crippen LogP contribution in [0.5, 0.6) is 0 Å². The van der Waals surface area contributed by atoms with Crippen molar-refractivity contribution in [1.82, 2.24) is 25.6 Å². The van der Waals surface area contributed by atoms with Crippen LogP contribution < -0.4 is 21.3 Å². The molecular weight excluding hydrogens is 533 g/mol. The molecule has 0 spiro atoms. The van der Waals surface area contributed by atoms with Crippen molar-refractivity contribution < 1.29 is 26.7 Å². The maximum atomic E-state index is 14.5. The van der Waals surface area contributed by atoms with E-state index in [0.717, 1.165) is 24.4 Å². The fourth-order valence-electron chi connectivity index (χ4n) is 4.78. The molecule has 1 aliphatic heterocycles. The number of pyridine rings is 1. The number of aromatic nitrogens is 3. The largest absolute Gasteiger partial charge is 0.405 e. The van der Waals surface area contributed by atoms with Gasteiger partial charge in [0.15, 0.2) is 0 Å². The van der Waals surface area contributed by atoms with Gasteiger partial charge in [0.1, 0.15) is 36.2 Å². The Morgan fingerprint density at radius 1 is 1.10 bits per heavy atom. The number of fused-ring (bicyclic) bond motifs is 1. The first-order valence-corrected chi connectivity index (χ1v) is 12.7. The summed E-state index contributed by atoms with van der Waals surface area (Å²) >= 11 is 0. The number of amides is 1. The predicted octanol–water partition coefficient (Wildman–Crippen LogP) is 5.17. The lowest BCUT2D eigenvalue weighted by atomic mass is 9.79. The number of hydrogen-bond donors (Lipinski definition) is 4. The third-order valence-corrected chi connectivity index (χ3v) is 7.16. The van der Waals surface area contributed by atoms with Crippen LogP contribution in [0.3, 0.4) is 0 Å². The summed E-state index contributed by atoms with van der Waals surface area (Å²) < 4.78 is 66.3. The van der Waals surface area contributed by atoms with E-state index in [-0.39, 0.29) is 34.3 Å². The van der Waals surface area contributed by atoms with Crippen molar-refractivity contribution in [2.45, 2.75) is 50.2 Å². The van der Waals surface area contributed by atoms with Crippen LogP contribution in [0, 0.1) is 5.82 Å². The van der Waals surface area contributed by atoms with Crippen molar-refractivity contribution >= 4 is 29.2 Å². The molecule has 4 N–H and O–H groups in total. The zero-order valence-corrected chi connectivity index (χ0v) is 21.8. The normalized spacial score (nSPS) is 17.1. The number of rotatable bonds is 8. The first-order valence-electron chi connectivity index (χ1n) is 12.7. The number of halogens is 5. The molecule has 0 bridgehead atoms. The second kappa shape index (κ2) is 10.3. The lowest BCUT2D eigenvalue weighted by Crippen LogP contribution is -2.38. The van der Waals surface area contributed by atoms with Gasteiger partial charge in [-0.25, -0.2) is 14.4 Å². The van der Waals surface area contributed by atoms with Gasteiger partial charge in [-0.05, 0) is 48.2 Å². The molecule has 2 aliphatic rings. The van der Waals surface area contributed by atoms with Crippen LogP contribution in [0.15, 0.2) is 36.5 Å². The van der Waals surface area contributed by atoms with Crippen molar-refractivity contribution in [1.29, 1.82) is 0 Å². The van der Waals surface area contributed by atoms with E-state index in [0.29, 0.717) is 25.1 Å². The monoisotopic (exact) mass is 561 g/mol. The molecule has 1 saturated carbocycles. The van der Waals surface area contributed by atoms with Crippen molar-refractivity contribution in [2.24, 2.45) is 0 Å². The first-order chi connectivity index (χ1) is 18.9. The number of alkyl halides is 4. The molecule has 1 amide bonds. The molecule has 0 saturated heterocycles. The predicted molar refractivity (Wildman–Crippen MR) is 139 cm³/mol. The molecule has 40 heavy (non-hydrogen) atoms. The van der Waals surface area contributed by atoms with E-state index in [1.807, 2.05) is 18.2 Å². The highest BCUT2D eigenvalue weighted by Gasteiger charge is 2.48. The maximum Gasteiger partial charge on any atom is 0.405 e. The summed E-state index contributed by atoms with van der Waals surface area (Å²) in [6, 6.07) is 8.22. The molecule has 2 aromatic heterocycles. The molecule has 8 nitrogen and oxygen atoms in total. The van der Waals surface area contributed by atoms with Crippen molar-refractivity contribution in [3.05, 3.63) is 64.7 Å². The van der Waals surface area contributed by atoms with E-state index >= 15 is 0 Å². The van der Waals surface area contributed by atoms with E-state index < -0.39 is 36.5 Å². The maximum absolute atomic E-state index is 14.5. The van der Waals surface area contributed by atoms with Crippen LogP contribution in [-0.4, -0.2) is 46.8 Å². The van der Waals surface area contributed by atoms with Gasteiger partial charge in [0.25, 0.3) is 5.91 Å². The zero-order chi connectivity index (χ0) is 28.7. The highest BCUT2D eigenvalue weighted by molar-refractivity contribution is 5.99. The quantitative estimate of drug-likeness (QED) is 0.281. The summed E-state index contributed by atoms with van der Waals surface area (Å²) in [4.78, 5) is 25.3. The molecule has 1 aromatic carbocycles. The van der Waals surface area contributed by atoms with Crippen molar-refractivity contribution in [3.8, 4) is 0 Å². The van der Waals surface area contributed by atoms with Gasteiger partial charge in [-0.15, -0.1) is 0 Å². The fraction of sp³-hybridized carbons (Fsp3) is 0.407. The Hall–Kier alpha value is -3.87. The Balaban J connectivity index is 1.46. The topological polar surface area (TPSA) is 104 Å². The Bertz CT molecular complexity index is 1440. The zero-order valence-electron chi connectivity index (χ0n) is 21.8. The first kappa shape index (κ1) is 27.7. The average Bonchev–Trinajstić information content (AvgIpc) is 3.69. The number of hydrogen-bond acceptors (Lipinski definition) is 7. The van der Waals surface area contributed by atoms with Crippen LogP contribution in [0.1, 0.15) is 53.9 Å². The molecule has 1 aliphatic carbocycles. The second-order valence-corrected chi connectivity index (χ2v) is 10.8. The Morgan fingerprint density at radius 3 is 2.58 bits per heavy atom. The number of benzene rings is 1. The summed E-state index contributed by atoms with van der Waals surface area (Å²) in [6.45, 7) is 3.47. The van der Waals surface area contributed by atoms with Gasteiger partial charge >= 0.3 is 6.18 Å². The van der Waals surface area contributed by atoms with Crippen LogP contribution in [0.25, 0.3) is 0 Å². The minimum absolute atomic E-state index is 0.0483. The minimum atomic E-state index is -4.63. The average molecular weight is 562 g/mol. The van der Waals surface area contributed by atoms with Crippen molar-refractivity contribution in [2.75, 3.05) is 30.4 Å². The molecule has 5 rings (SSSR count). The van der Waals surface area contributed by atoms with Crippen LogP contribution in [-0.2, 0) is 17.4 Å². The molecule has 3 heterocycles. The fourth-order valence-corrected chi connectivity index (χ4v) is 4.78. The van der Waals surface area contributed by atoms with Gasteiger partial charge in [0.2, 0.25) is 5.95 Å². The Kier molecular flexibility index (Phi) is 7.11. The van der Waals surface area contributed by atoms with Gasteiger partial charge in [-0.3, -0.25) is 9.18 Å². The highest BCUT2D eigenvalue weighted by Crippen LogP contribution is 2.48. The van der Waals surface area contributed by atoms with Gasteiger partial charge in [0, 0.05) is 35.8 Å². The van der Waals surface area contributed by atoms with Gasteiger partial charge in [-0.2, -0.15) is 18.2 Å². The van der Waals surface area contributed by atoms with Gasteiger partial charge in [-0.1, -0.05) is 19.9 Å². The number of carbonyl (C=O) groups excluding carboxylic acids is 1. The molecule has 0 unspecified atom stereocenters. The third kappa shape index (κ3) is 5.83. The molecule has 13 heteroatoms. The Morgan fingerprint density at radius 2 is 1.88 bits per heavy atom. The smallest absolute Gasteiger partial charge is 0.343 e. The summed E-state index contributed by atoms with van der Waals surface area (Å²) in [5, 5.41) is 11.0. The third-order valence-electron chi connectivity index (χ3n) is 7.16. The summed E-state index contributed by atoms with van der Waals surface area (Å²) in [7, 11) is 0. The molecule has 0 radical (unpaired) electrons. The molecule has 0 atom stereocenters. The Labute approximate surface area is 227 Å². The van der Waals surface area contributed by atoms with Crippen LogP contribution in [0.2, 0.25) is 0 Å². The summed E-state index contributed by atoms with van der Waals surface area (Å²) in [5.41, 5.74) is 1.58. The number of nitrogens with one attached hydrogen (secondary N) is 4. The van der Waals surface area contributed by atoms with Crippen LogP contribution in [0.4, 0.5) is 45.2 Å². The van der Waals surface area contributed by atoms with E-state index in [2.05, 4.69) is 44.7 Å². The SMILES string of the molecule is CC1(C)CNCc2cc(Nc3ncc(C(=O)NCC(F)(F)F)c(Nc4ccc(F)c(C5(CF)CC5)n4)n3)ccc21. The standard InChI is InChI=1S/C27H28F5N7O/c1-25(2)13-33-10-15-9-16(3-4-18(15)25)36-24-34-11-17(23(40)35-14-27(30,31)32)22(39-24)38-20-6-5-19(29)21(37-20)26(12-28)7-8-26/h3-6,9,11,33H,7-8,10,12-14H2,1-2H3,(H,35,40)(H2,34,36,37,38,39). The molecular formula is C27H28F5N7O. The van der Waals surface area contributed by atoms with Crippen molar-refractivity contribution in [3.63, 3.8) is 0 Å². The van der Waals surface area contributed by atoms with E-state index in [1.54, 1.807) is 5.32 Å². The number of nitrogens with zero attached hydrogens (tertiary/aromatic N) is 3. The van der Waals surface area contributed by atoms with Gasteiger partial charge < -0.3 is 21.3 Å². The van der Waals surface area contributed by atoms with E-state index in [1.165, 1.54) is 11.6 Å². The van der Waals surface area contributed by atoms with Gasteiger partial charge in [0.05, 0.1) is 5.69 Å². The summed E-state index contributed by atoms with van der Waals surface area (Å²) in [6.07, 6.45) is -2.66. The minimum Gasteiger partial charge on any atom is -0.343 e. The number of anilines is 4. The second-order valence-electron chi connectivity index (χ2n) is 10.8. The summed E-state index contributed by atoms with van der Waals surface area (Å²) in [5.74, 6) is -1.79. The molecule has 212 valence electrons. The van der Waals surface area contributed by atoms with E-state index in [4.69, 9.17) is 0 Å².